The molecule has 0 spiro atoms. The van der Waals surface area contributed by atoms with Crippen molar-refractivity contribution in [1.82, 2.24) is 0 Å². The van der Waals surface area contributed by atoms with Crippen LogP contribution < -0.4 is 0 Å². The van der Waals surface area contributed by atoms with Crippen LogP contribution in [0.1, 0.15) is 155 Å². The normalized spacial score (nSPS) is 12.5. The summed E-state index contributed by atoms with van der Waals surface area (Å²) in [4.78, 5) is 0. The minimum atomic E-state index is -0.599. The quantitative estimate of drug-likeness (QED) is 0.0700. The Balaban J connectivity index is 4.27. The summed E-state index contributed by atoms with van der Waals surface area (Å²) >= 11 is 9.69. The lowest BCUT2D eigenvalue weighted by Gasteiger charge is -2.46. The number of hydrogen-bond acceptors (Lipinski definition) is 4. The maximum Gasteiger partial charge on any atom is 0.0530 e. The summed E-state index contributed by atoms with van der Waals surface area (Å²) in [5.74, 6) is 0.485. The molecule has 0 radical (unpaired) electrons. The van der Waals surface area contributed by atoms with Gasteiger partial charge in [0.05, 0.1) is 13.2 Å². The molecular weight excluding hydrogens is 444 g/mol. The Labute approximate surface area is 219 Å². The minimum Gasteiger partial charge on any atom is -0.396 e. The van der Waals surface area contributed by atoms with Crippen molar-refractivity contribution in [2.24, 2.45) is 5.41 Å². The largest absolute Gasteiger partial charge is 0.396 e. The Morgan fingerprint density at radius 1 is 0.485 bits per heavy atom. The van der Waals surface area contributed by atoms with Crippen molar-refractivity contribution in [2.45, 2.75) is 160 Å². The summed E-state index contributed by atoms with van der Waals surface area (Å²) in [6, 6.07) is 0. The van der Waals surface area contributed by atoms with Gasteiger partial charge in [0.15, 0.2) is 0 Å². The fourth-order valence-corrected chi connectivity index (χ4v) is 6.22. The topological polar surface area (TPSA) is 40.5 Å². The first-order valence-corrected chi connectivity index (χ1v) is 15.7. The standard InChI is InChI=1S/C29H60O2S2/c1-3-5-7-9-11-13-15-17-19-21-23-29(33,28(25-30,26-31)27-32)24-22-20-18-16-14-12-10-8-6-4-2/h30-33H,3-27H2,1-2H3. The second-order valence-electron chi connectivity index (χ2n) is 10.7. The zero-order valence-electron chi connectivity index (χ0n) is 22.5. The first-order chi connectivity index (χ1) is 16.1. The zero-order valence-corrected chi connectivity index (χ0v) is 24.3. The van der Waals surface area contributed by atoms with Crippen molar-refractivity contribution in [3.8, 4) is 0 Å². The van der Waals surface area contributed by atoms with Crippen LogP contribution in [0, 0.1) is 5.41 Å². The molecule has 0 aromatic carbocycles. The monoisotopic (exact) mass is 504 g/mol. The van der Waals surface area contributed by atoms with Crippen molar-refractivity contribution in [2.75, 3.05) is 19.0 Å². The van der Waals surface area contributed by atoms with Crippen LogP contribution in [0.15, 0.2) is 0 Å². The molecule has 0 amide bonds. The predicted octanol–water partition coefficient (Wildman–Crippen LogP) is 9.18. The Kier molecular flexibility index (Phi) is 23.5. The lowest BCUT2D eigenvalue weighted by molar-refractivity contribution is 0.0324. The molecular formula is C29H60O2S2. The molecule has 0 aliphatic heterocycles. The van der Waals surface area contributed by atoms with Gasteiger partial charge in [0, 0.05) is 15.9 Å². The smallest absolute Gasteiger partial charge is 0.0530 e. The van der Waals surface area contributed by atoms with Gasteiger partial charge < -0.3 is 10.2 Å². The van der Waals surface area contributed by atoms with E-state index in [4.69, 9.17) is 12.6 Å². The molecule has 0 aromatic rings. The van der Waals surface area contributed by atoms with Crippen molar-refractivity contribution < 1.29 is 10.2 Å². The third-order valence-corrected chi connectivity index (χ3v) is 9.31. The molecule has 0 atom stereocenters. The molecule has 4 heteroatoms. The molecule has 0 saturated carbocycles. The van der Waals surface area contributed by atoms with E-state index < -0.39 is 5.41 Å². The molecule has 2 nitrogen and oxygen atoms in total. The summed E-state index contributed by atoms with van der Waals surface area (Å²) in [6.45, 7) is 4.47. The number of rotatable bonds is 26. The third-order valence-electron chi connectivity index (χ3n) is 7.78. The average molecular weight is 505 g/mol. The van der Waals surface area contributed by atoms with Gasteiger partial charge in [-0.25, -0.2) is 0 Å². The maximum atomic E-state index is 10.2. The van der Waals surface area contributed by atoms with Crippen molar-refractivity contribution in [3.05, 3.63) is 0 Å². The van der Waals surface area contributed by atoms with Crippen LogP contribution in [0.2, 0.25) is 0 Å². The fraction of sp³-hybridized carbons (Fsp3) is 1.00. The molecule has 0 aliphatic rings. The van der Waals surface area contributed by atoms with Crippen LogP contribution in [0.3, 0.4) is 0 Å². The van der Waals surface area contributed by atoms with Crippen molar-refractivity contribution in [3.63, 3.8) is 0 Å². The van der Waals surface area contributed by atoms with Crippen molar-refractivity contribution in [1.29, 1.82) is 0 Å². The van der Waals surface area contributed by atoms with Gasteiger partial charge in [-0.2, -0.15) is 25.3 Å². The zero-order chi connectivity index (χ0) is 24.7. The minimum absolute atomic E-state index is 0.0357. The summed E-state index contributed by atoms with van der Waals surface area (Å²) < 4.78 is -0.335. The fourth-order valence-electron chi connectivity index (χ4n) is 5.06. The summed E-state index contributed by atoms with van der Waals surface area (Å²) in [7, 11) is 0. The molecule has 200 valence electrons. The molecule has 0 rings (SSSR count). The van der Waals surface area contributed by atoms with Crippen LogP contribution >= 0.6 is 25.3 Å². The Morgan fingerprint density at radius 2 is 0.758 bits per heavy atom. The number of aliphatic hydroxyl groups excluding tert-OH is 2. The van der Waals surface area contributed by atoms with E-state index in [1.165, 1.54) is 116 Å². The van der Waals surface area contributed by atoms with Gasteiger partial charge in [-0.1, -0.05) is 142 Å². The Morgan fingerprint density at radius 3 is 1.00 bits per heavy atom. The van der Waals surface area contributed by atoms with Gasteiger partial charge in [0.1, 0.15) is 0 Å². The lowest BCUT2D eigenvalue weighted by Crippen LogP contribution is -2.51. The predicted molar refractivity (Wildman–Crippen MR) is 155 cm³/mol. The first kappa shape index (κ1) is 33.6. The highest BCUT2D eigenvalue weighted by atomic mass is 32.1. The van der Waals surface area contributed by atoms with E-state index in [1.54, 1.807) is 0 Å². The molecule has 2 N–H and O–H groups in total. The van der Waals surface area contributed by atoms with Gasteiger partial charge in [0.25, 0.3) is 0 Å². The lowest BCUT2D eigenvalue weighted by atomic mass is 9.71. The van der Waals surface area contributed by atoms with E-state index in [0.29, 0.717) is 5.75 Å². The first-order valence-electron chi connectivity index (χ1n) is 14.6. The number of thiol groups is 2. The molecule has 0 heterocycles. The number of aliphatic hydroxyl groups is 2. The van der Waals surface area contributed by atoms with E-state index in [9.17, 15) is 10.2 Å². The maximum absolute atomic E-state index is 10.2. The Hall–Kier alpha value is 0.620. The van der Waals surface area contributed by atoms with Crippen LogP contribution in [-0.2, 0) is 0 Å². The van der Waals surface area contributed by atoms with Gasteiger partial charge in [-0.15, -0.1) is 0 Å². The van der Waals surface area contributed by atoms with Crippen LogP contribution in [-0.4, -0.2) is 33.9 Å². The molecule has 33 heavy (non-hydrogen) atoms. The highest BCUT2D eigenvalue weighted by molar-refractivity contribution is 7.82. The highest BCUT2D eigenvalue weighted by Crippen LogP contribution is 2.45. The van der Waals surface area contributed by atoms with Gasteiger partial charge in [-0.3, -0.25) is 0 Å². The van der Waals surface area contributed by atoms with Gasteiger partial charge in [-0.05, 0) is 12.8 Å². The molecule has 0 unspecified atom stereocenters. The van der Waals surface area contributed by atoms with Gasteiger partial charge >= 0.3 is 0 Å². The number of hydrogen-bond donors (Lipinski definition) is 4. The average Bonchev–Trinajstić information content (AvgIpc) is 2.83. The van der Waals surface area contributed by atoms with E-state index in [1.807, 2.05) is 0 Å². The molecule has 0 aliphatic carbocycles. The van der Waals surface area contributed by atoms with E-state index >= 15 is 0 Å². The summed E-state index contributed by atoms with van der Waals surface area (Å²) in [5, 5.41) is 20.4. The van der Waals surface area contributed by atoms with Crippen LogP contribution in [0.25, 0.3) is 0 Å². The molecule has 0 bridgehead atoms. The highest BCUT2D eigenvalue weighted by Gasteiger charge is 2.46. The SMILES string of the molecule is CCCCCCCCCCCCC(S)(CCCCCCCCCCCC)C(CO)(CO)CS. The van der Waals surface area contributed by atoms with E-state index in [0.717, 1.165) is 25.7 Å². The number of unbranched alkanes of at least 4 members (excludes halogenated alkanes) is 18. The Bertz CT molecular complexity index is 367. The van der Waals surface area contributed by atoms with Crippen molar-refractivity contribution >= 4 is 25.3 Å². The van der Waals surface area contributed by atoms with Crippen LogP contribution in [0.5, 0.6) is 0 Å². The second-order valence-corrected chi connectivity index (χ2v) is 11.8. The molecule has 0 fully saturated rings. The van der Waals surface area contributed by atoms with E-state index in [2.05, 4.69) is 26.5 Å². The molecule has 0 saturated heterocycles. The summed E-state index contributed by atoms with van der Waals surface area (Å²) in [5.41, 5.74) is -0.599. The second kappa shape index (κ2) is 23.0. The molecule has 0 aromatic heterocycles. The third kappa shape index (κ3) is 15.4. The van der Waals surface area contributed by atoms with Gasteiger partial charge in [0.2, 0.25) is 0 Å². The van der Waals surface area contributed by atoms with E-state index in [-0.39, 0.29) is 18.0 Å². The summed E-state index contributed by atoms with van der Waals surface area (Å²) in [6.07, 6.45) is 28.4. The van der Waals surface area contributed by atoms with Crippen LogP contribution in [0.4, 0.5) is 0 Å².